The van der Waals surface area contributed by atoms with Crippen molar-refractivity contribution in [3.63, 3.8) is 0 Å². The molecule has 214 valence electrons. The Balaban J connectivity index is 2.03. The van der Waals surface area contributed by atoms with Gasteiger partial charge in [-0.3, -0.25) is 13.9 Å². The number of carbonyl (C=O) groups is 2. The molecule has 2 amide bonds. The van der Waals surface area contributed by atoms with E-state index in [9.17, 15) is 18.0 Å². The summed E-state index contributed by atoms with van der Waals surface area (Å²) in [4.78, 5) is 29.1. The molecule has 0 fully saturated rings. The number of benzene rings is 3. The molecular weight excluding hydrogens is 546 g/mol. The van der Waals surface area contributed by atoms with Crippen molar-refractivity contribution in [3.05, 3.63) is 101 Å². The van der Waals surface area contributed by atoms with Crippen LogP contribution in [0.4, 0.5) is 5.69 Å². The smallest absolute Gasteiger partial charge is 0.244 e. The summed E-state index contributed by atoms with van der Waals surface area (Å²) in [5.41, 5.74) is 2.98. The van der Waals surface area contributed by atoms with Crippen LogP contribution in [0.15, 0.2) is 78.9 Å². The Morgan fingerprint density at radius 1 is 0.900 bits per heavy atom. The molecule has 0 radical (unpaired) electrons. The predicted molar refractivity (Wildman–Crippen MR) is 162 cm³/mol. The molecule has 0 saturated heterocycles. The number of aryl methyl sites for hydroxylation is 1. The van der Waals surface area contributed by atoms with E-state index in [1.807, 2.05) is 62.4 Å². The maximum atomic E-state index is 14.1. The predicted octanol–water partition coefficient (Wildman–Crippen LogP) is 5.22. The Hall–Kier alpha value is -3.36. The van der Waals surface area contributed by atoms with Crippen LogP contribution < -0.4 is 9.62 Å². The van der Waals surface area contributed by atoms with Crippen LogP contribution in [0.2, 0.25) is 5.02 Å². The fourth-order valence-corrected chi connectivity index (χ4v) is 5.43. The quantitative estimate of drug-likeness (QED) is 0.263. The molecule has 1 atom stereocenters. The van der Waals surface area contributed by atoms with Gasteiger partial charge in [0, 0.05) is 24.5 Å². The fourth-order valence-electron chi connectivity index (χ4n) is 4.38. The summed E-state index contributed by atoms with van der Waals surface area (Å²) in [5, 5.41) is 3.43. The molecule has 3 rings (SSSR count). The Kier molecular flexibility index (Phi) is 11.6. The summed E-state index contributed by atoms with van der Waals surface area (Å²) in [6.07, 6.45) is 3.85. The van der Waals surface area contributed by atoms with Crippen LogP contribution in [-0.4, -0.2) is 50.5 Å². The number of halogens is 1. The van der Waals surface area contributed by atoms with Gasteiger partial charge in [0.15, 0.2) is 0 Å². The Labute approximate surface area is 243 Å². The lowest BCUT2D eigenvalue weighted by Gasteiger charge is -2.33. The summed E-state index contributed by atoms with van der Waals surface area (Å²) in [7, 11) is -3.81. The third kappa shape index (κ3) is 8.83. The number of rotatable bonds is 14. The van der Waals surface area contributed by atoms with E-state index in [1.165, 1.54) is 4.90 Å². The van der Waals surface area contributed by atoms with E-state index in [2.05, 4.69) is 5.32 Å². The molecule has 0 aliphatic rings. The number of amides is 2. The Bertz CT molecular complexity index is 1360. The van der Waals surface area contributed by atoms with E-state index in [4.69, 9.17) is 11.6 Å². The average Bonchev–Trinajstić information content (AvgIpc) is 2.94. The zero-order valence-corrected chi connectivity index (χ0v) is 24.9. The van der Waals surface area contributed by atoms with Crippen molar-refractivity contribution >= 4 is 39.1 Å². The van der Waals surface area contributed by atoms with Crippen molar-refractivity contribution in [1.82, 2.24) is 10.2 Å². The van der Waals surface area contributed by atoms with Crippen molar-refractivity contribution in [2.75, 3.05) is 23.7 Å². The lowest BCUT2D eigenvalue weighted by Crippen LogP contribution is -2.53. The molecule has 3 aromatic rings. The molecule has 1 N–H and O–H groups in total. The highest BCUT2D eigenvalue weighted by atomic mass is 35.5. The molecule has 0 bridgehead atoms. The van der Waals surface area contributed by atoms with E-state index in [-0.39, 0.29) is 18.9 Å². The molecule has 3 aromatic carbocycles. The minimum atomic E-state index is -3.81. The summed E-state index contributed by atoms with van der Waals surface area (Å²) in [5.74, 6) is -0.799. The van der Waals surface area contributed by atoms with E-state index in [1.54, 1.807) is 30.3 Å². The van der Waals surface area contributed by atoms with Crippen molar-refractivity contribution in [1.29, 1.82) is 0 Å². The lowest BCUT2D eigenvalue weighted by atomic mass is 10.0. The second-order valence-corrected chi connectivity index (χ2v) is 12.1. The number of carbonyl (C=O) groups excluding carboxylic acids is 2. The Morgan fingerprint density at radius 2 is 1.55 bits per heavy atom. The van der Waals surface area contributed by atoms with Gasteiger partial charge in [-0.15, -0.1) is 0 Å². The van der Waals surface area contributed by atoms with Crippen LogP contribution in [-0.2, 0) is 39.0 Å². The molecule has 40 heavy (non-hydrogen) atoms. The van der Waals surface area contributed by atoms with Crippen LogP contribution in [0.3, 0.4) is 0 Å². The highest BCUT2D eigenvalue weighted by Gasteiger charge is 2.33. The Morgan fingerprint density at radius 3 is 2.15 bits per heavy atom. The van der Waals surface area contributed by atoms with Gasteiger partial charge < -0.3 is 10.2 Å². The molecule has 0 spiro atoms. The molecule has 9 heteroatoms. The number of anilines is 1. The fraction of sp³-hybridized carbons (Fsp3) is 0.355. The van der Waals surface area contributed by atoms with Gasteiger partial charge in [0.1, 0.15) is 12.6 Å². The van der Waals surface area contributed by atoms with Gasteiger partial charge in [-0.1, -0.05) is 92.5 Å². The third-order valence-corrected chi connectivity index (χ3v) is 8.22. The van der Waals surface area contributed by atoms with Crippen molar-refractivity contribution in [2.45, 2.75) is 52.1 Å². The number of hydrogen-bond donors (Lipinski definition) is 1. The molecule has 0 aromatic heterocycles. The number of hydrogen-bond acceptors (Lipinski definition) is 4. The second kappa shape index (κ2) is 14.9. The van der Waals surface area contributed by atoms with Crippen molar-refractivity contribution in [2.24, 2.45) is 0 Å². The van der Waals surface area contributed by atoms with Gasteiger partial charge in [0.2, 0.25) is 21.8 Å². The highest BCUT2D eigenvalue weighted by molar-refractivity contribution is 7.92. The first kappa shape index (κ1) is 31.2. The molecule has 0 aliphatic carbocycles. The minimum Gasteiger partial charge on any atom is -0.354 e. The molecule has 0 heterocycles. The first-order valence-corrected chi connectivity index (χ1v) is 15.8. The van der Waals surface area contributed by atoms with Gasteiger partial charge in [-0.2, -0.15) is 0 Å². The van der Waals surface area contributed by atoms with Gasteiger partial charge in [-0.05, 0) is 47.7 Å². The van der Waals surface area contributed by atoms with Crippen LogP contribution in [0.25, 0.3) is 0 Å². The van der Waals surface area contributed by atoms with E-state index < -0.39 is 28.5 Å². The van der Waals surface area contributed by atoms with Crippen LogP contribution in [0.1, 0.15) is 43.4 Å². The van der Waals surface area contributed by atoms with E-state index in [0.717, 1.165) is 41.0 Å². The largest absolute Gasteiger partial charge is 0.354 e. The molecule has 0 aliphatic heterocycles. The molecule has 0 saturated carbocycles. The summed E-state index contributed by atoms with van der Waals surface area (Å²) in [6.45, 7) is 4.12. The first-order chi connectivity index (χ1) is 19.1. The first-order valence-electron chi connectivity index (χ1n) is 13.5. The summed E-state index contributed by atoms with van der Waals surface area (Å²) < 4.78 is 26.8. The number of sulfonamides is 1. The maximum Gasteiger partial charge on any atom is 0.244 e. The van der Waals surface area contributed by atoms with Gasteiger partial charge in [-0.25, -0.2) is 8.42 Å². The zero-order valence-electron chi connectivity index (χ0n) is 23.3. The normalized spacial score (nSPS) is 12.0. The molecule has 1 unspecified atom stereocenters. The van der Waals surface area contributed by atoms with Gasteiger partial charge >= 0.3 is 0 Å². The number of nitrogens with zero attached hydrogens (tertiary/aromatic N) is 2. The van der Waals surface area contributed by atoms with Gasteiger partial charge in [0.05, 0.1) is 11.9 Å². The van der Waals surface area contributed by atoms with E-state index in [0.29, 0.717) is 22.8 Å². The van der Waals surface area contributed by atoms with Crippen LogP contribution in [0.5, 0.6) is 0 Å². The molecular formula is C31H38ClN3O4S. The standard InChI is InChI=1S/C31H38ClN3O4S/c1-4-6-20-33-31(37)29(21-25-12-8-7-9-13-25)34(22-26-14-10-11-15-28(26)32)30(36)23-35(40(3,38)39)27-18-16-24(5-2)17-19-27/h7-19,29H,4-6,20-23H2,1-3H3,(H,33,37). The second-order valence-electron chi connectivity index (χ2n) is 9.75. The van der Waals surface area contributed by atoms with Crippen molar-refractivity contribution < 1.29 is 18.0 Å². The number of nitrogens with one attached hydrogen (secondary N) is 1. The van der Waals surface area contributed by atoms with Gasteiger partial charge in [0.25, 0.3) is 0 Å². The lowest BCUT2D eigenvalue weighted by molar-refractivity contribution is -0.140. The van der Waals surface area contributed by atoms with Crippen molar-refractivity contribution in [3.8, 4) is 0 Å². The molecule has 7 nitrogen and oxygen atoms in total. The topological polar surface area (TPSA) is 86.8 Å². The van der Waals surface area contributed by atoms with Crippen LogP contribution in [0, 0.1) is 0 Å². The minimum absolute atomic E-state index is 0.0452. The number of unbranched alkanes of at least 4 members (excludes halogenated alkanes) is 1. The maximum absolute atomic E-state index is 14.1. The van der Waals surface area contributed by atoms with E-state index >= 15 is 0 Å². The highest BCUT2D eigenvalue weighted by Crippen LogP contribution is 2.23. The summed E-state index contributed by atoms with van der Waals surface area (Å²) in [6, 6.07) is 22.8. The monoisotopic (exact) mass is 583 g/mol. The zero-order chi connectivity index (χ0) is 29.1. The summed E-state index contributed by atoms with van der Waals surface area (Å²) >= 11 is 6.48. The SMILES string of the molecule is CCCCNC(=O)C(Cc1ccccc1)N(Cc1ccccc1Cl)C(=O)CN(c1ccc(CC)cc1)S(C)(=O)=O. The van der Waals surface area contributed by atoms with Crippen LogP contribution >= 0.6 is 11.6 Å². The average molecular weight is 584 g/mol. The third-order valence-electron chi connectivity index (χ3n) is 6.71.